The van der Waals surface area contributed by atoms with Gasteiger partial charge in [0.25, 0.3) is 0 Å². The van der Waals surface area contributed by atoms with Crippen molar-refractivity contribution in [3.05, 3.63) is 34.9 Å². The Morgan fingerprint density at radius 2 is 2.06 bits per heavy atom. The van der Waals surface area contributed by atoms with Crippen LogP contribution in [0.15, 0.2) is 18.2 Å². The van der Waals surface area contributed by atoms with Gasteiger partial charge in [-0.15, -0.1) is 0 Å². The third-order valence-electron chi connectivity index (χ3n) is 2.74. The highest BCUT2D eigenvalue weighted by Gasteiger charge is 2.10. The average Bonchev–Trinajstić information content (AvgIpc) is 2.29. The van der Waals surface area contributed by atoms with Gasteiger partial charge in [-0.1, -0.05) is 37.5 Å². The molecule has 0 spiro atoms. The molecule has 1 N–H and O–H groups in total. The fraction of sp³-hybridized carbons (Fsp3) is 0.500. The molecular formula is C14H20O2. The van der Waals surface area contributed by atoms with Crippen LogP contribution in [0.5, 0.6) is 0 Å². The van der Waals surface area contributed by atoms with E-state index in [2.05, 4.69) is 6.92 Å². The first kappa shape index (κ1) is 12.9. The SMILES string of the molecule is CCCCCC(=O)c1cc(C)ccc1CO. The van der Waals surface area contributed by atoms with E-state index in [1.54, 1.807) is 0 Å². The molecule has 0 aliphatic heterocycles. The van der Waals surface area contributed by atoms with E-state index < -0.39 is 0 Å². The smallest absolute Gasteiger partial charge is 0.163 e. The molecule has 0 saturated heterocycles. The Hall–Kier alpha value is -1.15. The minimum atomic E-state index is -0.0604. The van der Waals surface area contributed by atoms with Crippen molar-refractivity contribution in [1.82, 2.24) is 0 Å². The molecule has 0 radical (unpaired) electrons. The van der Waals surface area contributed by atoms with Gasteiger partial charge in [-0.05, 0) is 25.0 Å². The van der Waals surface area contributed by atoms with Gasteiger partial charge in [0.2, 0.25) is 0 Å². The highest BCUT2D eigenvalue weighted by molar-refractivity contribution is 5.97. The lowest BCUT2D eigenvalue weighted by atomic mass is 9.98. The number of hydrogen-bond acceptors (Lipinski definition) is 2. The lowest BCUT2D eigenvalue weighted by molar-refractivity contribution is 0.0976. The van der Waals surface area contributed by atoms with E-state index in [9.17, 15) is 9.90 Å². The first-order valence-electron chi connectivity index (χ1n) is 5.92. The second-order valence-corrected chi connectivity index (χ2v) is 4.20. The fourth-order valence-corrected chi connectivity index (χ4v) is 1.76. The summed E-state index contributed by atoms with van der Waals surface area (Å²) in [6.07, 6.45) is 3.73. The minimum absolute atomic E-state index is 0.0604. The summed E-state index contributed by atoms with van der Waals surface area (Å²) in [5.41, 5.74) is 2.50. The van der Waals surface area contributed by atoms with Gasteiger partial charge in [0.1, 0.15) is 0 Å². The summed E-state index contributed by atoms with van der Waals surface area (Å²) in [6, 6.07) is 5.64. The zero-order valence-corrected chi connectivity index (χ0v) is 10.1. The Morgan fingerprint density at radius 1 is 1.31 bits per heavy atom. The van der Waals surface area contributed by atoms with Crippen LogP contribution in [0, 0.1) is 6.92 Å². The van der Waals surface area contributed by atoms with Crippen molar-refractivity contribution in [2.45, 2.75) is 46.1 Å². The lowest BCUT2D eigenvalue weighted by Gasteiger charge is -2.07. The quantitative estimate of drug-likeness (QED) is 0.590. The van der Waals surface area contributed by atoms with E-state index in [4.69, 9.17) is 0 Å². The number of hydrogen-bond donors (Lipinski definition) is 1. The summed E-state index contributed by atoms with van der Waals surface area (Å²) < 4.78 is 0. The molecule has 0 heterocycles. The Balaban J connectivity index is 2.76. The molecule has 1 rings (SSSR count). The maximum absolute atomic E-state index is 11.9. The van der Waals surface area contributed by atoms with Crippen LogP contribution in [0.2, 0.25) is 0 Å². The number of Topliss-reactive ketones (excluding diaryl/α,β-unsaturated/α-hetero) is 1. The number of carbonyl (C=O) groups is 1. The maximum Gasteiger partial charge on any atom is 0.163 e. The molecule has 1 aromatic carbocycles. The predicted molar refractivity (Wildman–Crippen MR) is 65.6 cm³/mol. The fourth-order valence-electron chi connectivity index (χ4n) is 1.76. The van der Waals surface area contributed by atoms with Crippen molar-refractivity contribution >= 4 is 5.78 Å². The standard InChI is InChI=1S/C14H20O2/c1-3-4-5-6-14(16)13-9-11(2)7-8-12(13)10-15/h7-9,15H,3-6,10H2,1-2H3. The third kappa shape index (κ3) is 3.46. The van der Waals surface area contributed by atoms with Crippen LogP contribution in [0.3, 0.4) is 0 Å². The number of unbranched alkanes of at least 4 members (excludes halogenated alkanes) is 2. The molecular weight excluding hydrogens is 200 g/mol. The zero-order chi connectivity index (χ0) is 12.0. The van der Waals surface area contributed by atoms with Gasteiger partial charge in [-0.25, -0.2) is 0 Å². The Morgan fingerprint density at radius 3 is 2.69 bits per heavy atom. The number of ketones is 1. The number of carbonyl (C=O) groups excluding carboxylic acids is 1. The summed E-state index contributed by atoms with van der Waals surface area (Å²) in [5, 5.41) is 9.18. The summed E-state index contributed by atoms with van der Waals surface area (Å²) >= 11 is 0. The molecule has 0 aliphatic carbocycles. The van der Waals surface area contributed by atoms with Crippen LogP contribution < -0.4 is 0 Å². The summed E-state index contributed by atoms with van der Waals surface area (Å²) in [4.78, 5) is 11.9. The number of aryl methyl sites for hydroxylation is 1. The van der Waals surface area contributed by atoms with Crippen molar-refractivity contribution in [1.29, 1.82) is 0 Å². The van der Waals surface area contributed by atoms with E-state index >= 15 is 0 Å². The van der Waals surface area contributed by atoms with Gasteiger partial charge >= 0.3 is 0 Å². The van der Waals surface area contributed by atoms with Gasteiger partial charge in [0, 0.05) is 12.0 Å². The summed E-state index contributed by atoms with van der Waals surface area (Å²) in [7, 11) is 0. The number of benzene rings is 1. The molecule has 2 heteroatoms. The normalized spacial score (nSPS) is 10.4. The molecule has 0 bridgehead atoms. The maximum atomic E-state index is 11.9. The molecule has 0 amide bonds. The van der Waals surface area contributed by atoms with Crippen LogP contribution in [0.4, 0.5) is 0 Å². The van der Waals surface area contributed by atoms with E-state index in [-0.39, 0.29) is 12.4 Å². The molecule has 0 atom stereocenters. The molecule has 0 fully saturated rings. The monoisotopic (exact) mass is 220 g/mol. The number of aliphatic hydroxyl groups is 1. The van der Waals surface area contributed by atoms with Gasteiger partial charge in [0.05, 0.1) is 6.61 Å². The third-order valence-corrected chi connectivity index (χ3v) is 2.74. The van der Waals surface area contributed by atoms with Crippen molar-refractivity contribution in [2.75, 3.05) is 0 Å². The molecule has 0 saturated carbocycles. The van der Waals surface area contributed by atoms with Crippen LogP contribution in [0.1, 0.15) is 54.1 Å². The number of aliphatic hydroxyl groups excluding tert-OH is 1. The zero-order valence-electron chi connectivity index (χ0n) is 10.1. The molecule has 0 unspecified atom stereocenters. The molecule has 1 aromatic rings. The largest absolute Gasteiger partial charge is 0.392 e. The van der Waals surface area contributed by atoms with E-state index in [0.717, 1.165) is 30.4 Å². The van der Waals surface area contributed by atoms with Crippen molar-refractivity contribution < 1.29 is 9.90 Å². The van der Waals surface area contributed by atoms with Gasteiger partial charge in [-0.2, -0.15) is 0 Å². The van der Waals surface area contributed by atoms with Crippen molar-refractivity contribution in [3.63, 3.8) is 0 Å². The molecule has 16 heavy (non-hydrogen) atoms. The molecule has 88 valence electrons. The van der Waals surface area contributed by atoms with Crippen LogP contribution >= 0.6 is 0 Å². The minimum Gasteiger partial charge on any atom is -0.392 e. The molecule has 0 aromatic heterocycles. The molecule has 2 nitrogen and oxygen atoms in total. The van der Waals surface area contributed by atoms with Crippen molar-refractivity contribution in [2.24, 2.45) is 0 Å². The van der Waals surface area contributed by atoms with Crippen LogP contribution in [-0.2, 0) is 6.61 Å². The lowest BCUT2D eigenvalue weighted by Crippen LogP contribution is -2.04. The van der Waals surface area contributed by atoms with Gasteiger partial charge < -0.3 is 5.11 Å². The number of rotatable bonds is 6. The second-order valence-electron chi connectivity index (χ2n) is 4.20. The summed E-state index contributed by atoms with van der Waals surface area (Å²) in [5.74, 6) is 0.154. The Labute approximate surface area is 97.3 Å². The molecule has 0 aliphatic rings. The predicted octanol–water partition coefficient (Wildman–Crippen LogP) is 3.25. The van der Waals surface area contributed by atoms with Gasteiger partial charge in [-0.3, -0.25) is 4.79 Å². The van der Waals surface area contributed by atoms with Crippen LogP contribution in [0.25, 0.3) is 0 Å². The van der Waals surface area contributed by atoms with Crippen LogP contribution in [-0.4, -0.2) is 10.9 Å². The van der Waals surface area contributed by atoms with E-state index in [1.165, 1.54) is 0 Å². The Kier molecular flexibility index (Phi) is 5.20. The van der Waals surface area contributed by atoms with Crippen molar-refractivity contribution in [3.8, 4) is 0 Å². The first-order chi connectivity index (χ1) is 7.69. The average molecular weight is 220 g/mol. The highest BCUT2D eigenvalue weighted by atomic mass is 16.3. The summed E-state index contributed by atoms with van der Waals surface area (Å²) in [6.45, 7) is 4.02. The Bertz CT molecular complexity index is 356. The van der Waals surface area contributed by atoms with Gasteiger partial charge in [0.15, 0.2) is 5.78 Å². The topological polar surface area (TPSA) is 37.3 Å². The van der Waals surface area contributed by atoms with E-state index in [1.807, 2.05) is 25.1 Å². The second kappa shape index (κ2) is 6.44. The highest BCUT2D eigenvalue weighted by Crippen LogP contribution is 2.15. The van der Waals surface area contributed by atoms with E-state index in [0.29, 0.717) is 12.0 Å². The first-order valence-corrected chi connectivity index (χ1v) is 5.92.